The van der Waals surface area contributed by atoms with Crippen LogP contribution in [0.2, 0.25) is 0 Å². The van der Waals surface area contributed by atoms with Crippen LogP contribution < -0.4 is 4.90 Å². The average Bonchev–Trinajstić information content (AvgIpc) is 2.93. The van der Waals surface area contributed by atoms with E-state index in [2.05, 4.69) is 4.98 Å². The summed E-state index contributed by atoms with van der Waals surface area (Å²) in [5.74, 6) is 0.0688. The van der Waals surface area contributed by atoms with Crippen LogP contribution in [0.3, 0.4) is 0 Å². The van der Waals surface area contributed by atoms with Gasteiger partial charge in [-0.15, -0.1) is 0 Å². The van der Waals surface area contributed by atoms with Crippen LogP contribution in [0.1, 0.15) is 21.7 Å². The van der Waals surface area contributed by atoms with Crippen LogP contribution in [-0.4, -0.2) is 49.2 Å². The summed E-state index contributed by atoms with van der Waals surface area (Å²) in [7, 11) is -3.36. The van der Waals surface area contributed by atoms with Gasteiger partial charge in [-0.1, -0.05) is 23.5 Å². The Morgan fingerprint density at radius 3 is 2.92 bits per heavy atom. The number of benzene rings is 1. The summed E-state index contributed by atoms with van der Waals surface area (Å²) in [5, 5.41) is 10.8. The van der Waals surface area contributed by atoms with Crippen molar-refractivity contribution < 1.29 is 18.3 Å². The lowest BCUT2D eigenvalue weighted by atomic mass is 10.1. The first-order valence-corrected chi connectivity index (χ1v) is 10.2. The van der Waals surface area contributed by atoms with Crippen LogP contribution >= 0.6 is 11.3 Å². The highest BCUT2D eigenvalue weighted by Crippen LogP contribution is 2.50. The average molecular weight is 364 g/mol. The Labute approximate surface area is 143 Å². The van der Waals surface area contributed by atoms with Gasteiger partial charge in [0.1, 0.15) is 0 Å². The molecule has 2 atom stereocenters. The fourth-order valence-corrected chi connectivity index (χ4v) is 4.68. The summed E-state index contributed by atoms with van der Waals surface area (Å²) in [6, 6.07) is 6.03. The molecule has 2 unspecified atom stereocenters. The highest BCUT2D eigenvalue weighted by Gasteiger charge is 2.59. The molecule has 1 saturated heterocycles. The number of rotatable bonds is 4. The number of nitrogens with zero attached hydrogens (tertiary/aromatic N) is 2. The molecule has 2 aromatic rings. The second-order valence-electron chi connectivity index (χ2n) is 6.52. The summed E-state index contributed by atoms with van der Waals surface area (Å²) in [5.41, 5.74) is -0.240. The third-order valence-electron chi connectivity index (χ3n) is 4.62. The molecule has 2 fully saturated rings. The second-order valence-corrected chi connectivity index (χ2v) is 9.55. The highest BCUT2D eigenvalue weighted by atomic mass is 32.2. The summed E-state index contributed by atoms with van der Waals surface area (Å²) < 4.78 is 23.3. The Hall–Kier alpha value is -1.77. The van der Waals surface area contributed by atoms with E-state index in [1.54, 1.807) is 12.1 Å². The van der Waals surface area contributed by atoms with Crippen LogP contribution in [0.25, 0.3) is 0 Å². The Bertz CT molecular complexity index is 937. The largest absolute Gasteiger partial charge is 0.388 e. The maximum Gasteiger partial charge on any atom is 0.204 e. The van der Waals surface area contributed by atoms with Crippen molar-refractivity contribution in [1.29, 1.82) is 0 Å². The quantitative estimate of drug-likeness (QED) is 0.824. The van der Waals surface area contributed by atoms with Gasteiger partial charge < -0.3 is 10.0 Å². The standard InChI is InChI=1S/C16H16N2O4S2/c1-24(21,22)12-4-2-3-10(5-12)14(19)13-7-17-15(23-13)18-8-11-6-16(11,20)9-18/h2-5,7,11,20H,6,8-9H2,1H3. The van der Waals surface area contributed by atoms with Gasteiger partial charge in [-0.2, -0.15) is 0 Å². The number of carbonyl (C=O) groups is 1. The van der Waals surface area contributed by atoms with Crippen molar-refractivity contribution in [2.45, 2.75) is 16.9 Å². The lowest BCUT2D eigenvalue weighted by Gasteiger charge is -2.17. The van der Waals surface area contributed by atoms with Gasteiger partial charge in [0.05, 0.1) is 21.6 Å². The molecule has 1 aromatic heterocycles. The molecule has 8 heteroatoms. The Balaban J connectivity index is 1.58. The minimum absolute atomic E-state index is 0.125. The van der Waals surface area contributed by atoms with E-state index in [9.17, 15) is 18.3 Å². The molecule has 2 heterocycles. The van der Waals surface area contributed by atoms with Crippen molar-refractivity contribution in [3.63, 3.8) is 0 Å². The van der Waals surface area contributed by atoms with Gasteiger partial charge >= 0.3 is 0 Å². The molecular weight excluding hydrogens is 348 g/mol. The fourth-order valence-electron chi connectivity index (χ4n) is 3.13. The normalized spacial score (nSPS) is 25.6. The van der Waals surface area contributed by atoms with Gasteiger partial charge in [-0.05, 0) is 18.6 Å². The molecule has 126 valence electrons. The van der Waals surface area contributed by atoms with Crippen molar-refractivity contribution in [2.75, 3.05) is 24.2 Å². The fraction of sp³-hybridized carbons (Fsp3) is 0.375. The molecule has 24 heavy (non-hydrogen) atoms. The molecule has 0 radical (unpaired) electrons. The molecule has 2 aliphatic rings. The van der Waals surface area contributed by atoms with Gasteiger partial charge in [-0.3, -0.25) is 4.79 Å². The summed E-state index contributed by atoms with van der Waals surface area (Å²) >= 11 is 1.27. The molecular formula is C16H16N2O4S2. The number of hydrogen-bond acceptors (Lipinski definition) is 7. The molecule has 6 nitrogen and oxygen atoms in total. The van der Waals surface area contributed by atoms with Crippen molar-refractivity contribution in [1.82, 2.24) is 4.98 Å². The zero-order valence-corrected chi connectivity index (χ0v) is 14.6. The van der Waals surface area contributed by atoms with Crippen molar-refractivity contribution in [2.24, 2.45) is 5.92 Å². The zero-order valence-electron chi connectivity index (χ0n) is 13.0. The third-order valence-corrected chi connectivity index (χ3v) is 6.78. The Kier molecular flexibility index (Phi) is 3.35. The molecule has 1 aromatic carbocycles. The van der Waals surface area contributed by atoms with Crippen LogP contribution in [0.4, 0.5) is 5.13 Å². The number of piperidine rings is 1. The number of thiazole rings is 1. The molecule has 0 spiro atoms. The van der Waals surface area contributed by atoms with Crippen molar-refractivity contribution >= 4 is 32.1 Å². The van der Waals surface area contributed by atoms with Crippen LogP contribution in [0.15, 0.2) is 35.4 Å². The van der Waals surface area contributed by atoms with E-state index in [-0.39, 0.29) is 10.7 Å². The number of β-amino-alcohol motifs (C(OH)–C–C–N with tert-alkyl or cyclic N) is 1. The number of hydrogen-bond donors (Lipinski definition) is 1. The molecule has 1 saturated carbocycles. The second kappa shape index (κ2) is 5.11. The van der Waals surface area contributed by atoms with Crippen LogP contribution in [0.5, 0.6) is 0 Å². The van der Waals surface area contributed by atoms with Crippen molar-refractivity contribution in [3.05, 3.63) is 40.9 Å². The summed E-state index contributed by atoms with van der Waals surface area (Å²) in [6.07, 6.45) is 3.48. The smallest absolute Gasteiger partial charge is 0.204 e. The van der Waals surface area contributed by atoms with Gasteiger partial charge in [0.25, 0.3) is 0 Å². The number of sulfone groups is 1. The number of aliphatic hydroxyl groups is 1. The molecule has 1 aliphatic carbocycles. The first-order chi connectivity index (χ1) is 11.3. The Morgan fingerprint density at radius 1 is 1.46 bits per heavy atom. The predicted octanol–water partition coefficient (Wildman–Crippen LogP) is 1.35. The lowest BCUT2D eigenvalue weighted by molar-refractivity contribution is 0.104. The van der Waals surface area contributed by atoms with Gasteiger partial charge in [0.15, 0.2) is 15.0 Å². The Morgan fingerprint density at radius 2 is 2.25 bits per heavy atom. The molecule has 0 amide bonds. The highest BCUT2D eigenvalue weighted by molar-refractivity contribution is 7.90. The zero-order chi connectivity index (χ0) is 17.1. The van der Waals surface area contributed by atoms with E-state index in [0.29, 0.717) is 22.9 Å². The van der Waals surface area contributed by atoms with E-state index < -0.39 is 15.4 Å². The van der Waals surface area contributed by atoms with Gasteiger partial charge in [-0.25, -0.2) is 13.4 Å². The van der Waals surface area contributed by atoms with E-state index >= 15 is 0 Å². The van der Waals surface area contributed by atoms with Gasteiger partial charge in [0.2, 0.25) is 5.78 Å². The molecule has 0 bridgehead atoms. The van der Waals surface area contributed by atoms with E-state index in [1.165, 1.54) is 29.7 Å². The first kappa shape index (κ1) is 15.7. The number of aromatic nitrogens is 1. The van der Waals surface area contributed by atoms with Crippen LogP contribution in [-0.2, 0) is 9.84 Å². The number of anilines is 1. The number of carbonyl (C=O) groups excluding carboxylic acids is 1. The minimum atomic E-state index is -3.36. The molecule has 1 N–H and O–H groups in total. The van der Waals surface area contributed by atoms with E-state index in [1.807, 2.05) is 4.90 Å². The third kappa shape index (κ3) is 2.64. The molecule has 4 rings (SSSR count). The SMILES string of the molecule is CS(=O)(=O)c1cccc(C(=O)c2cnc(N3CC4CC4(O)C3)s2)c1. The topological polar surface area (TPSA) is 87.6 Å². The predicted molar refractivity (Wildman–Crippen MR) is 90.4 cm³/mol. The maximum absolute atomic E-state index is 12.6. The monoisotopic (exact) mass is 364 g/mol. The minimum Gasteiger partial charge on any atom is -0.388 e. The van der Waals surface area contributed by atoms with E-state index in [0.717, 1.165) is 24.4 Å². The maximum atomic E-state index is 12.6. The van der Waals surface area contributed by atoms with Gasteiger partial charge in [0, 0.05) is 30.8 Å². The molecule has 1 aliphatic heterocycles. The van der Waals surface area contributed by atoms with Crippen molar-refractivity contribution in [3.8, 4) is 0 Å². The summed E-state index contributed by atoms with van der Waals surface area (Å²) in [4.78, 5) is 19.5. The first-order valence-electron chi connectivity index (χ1n) is 7.54. The number of ketones is 1. The summed E-state index contributed by atoms with van der Waals surface area (Å²) in [6.45, 7) is 1.32. The van der Waals surface area contributed by atoms with Crippen LogP contribution in [0, 0.1) is 5.92 Å². The number of fused-ring (bicyclic) bond motifs is 1. The van der Waals surface area contributed by atoms with E-state index in [4.69, 9.17) is 0 Å². The lowest BCUT2D eigenvalue weighted by Crippen LogP contribution is -2.26.